The third kappa shape index (κ3) is 3.28. The molecule has 0 unspecified atom stereocenters. The Hall–Kier alpha value is -1.52. The van der Waals surface area contributed by atoms with Gasteiger partial charge in [0, 0.05) is 11.1 Å². The molecule has 0 aliphatic rings. The quantitative estimate of drug-likeness (QED) is 0.869. The maximum absolute atomic E-state index is 12.2. The Labute approximate surface area is 121 Å². The van der Waals surface area contributed by atoms with E-state index >= 15 is 0 Å². The van der Waals surface area contributed by atoms with Crippen molar-refractivity contribution in [3.05, 3.63) is 52.7 Å². The van der Waals surface area contributed by atoms with E-state index in [1.54, 1.807) is 30.1 Å². The van der Waals surface area contributed by atoms with Gasteiger partial charge in [0.15, 0.2) is 0 Å². The maximum atomic E-state index is 12.2. The first-order valence-electron chi connectivity index (χ1n) is 5.68. The van der Waals surface area contributed by atoms with Crippen LogP contribution in [0.1, 0.15) is 15.9 Å². The molecule has 0 spiro atoms. The van der Waals surface area contributed by atoms with E-state index in [1.165, 1.54) is 0 Å². The number of aryl methyl sites for hydroxylation is 1. The summed E-state index contributed by atoms with van der Waals surface area (Å²) in [6.45, 7) is 1.89. The van der Waals surface area contributed by atoms with Crippen LogP contribution in [0.2, 0.25) is 5.02 Å². The van der Waals surface area contributed by atoms with E-state index in [0.29, 0.717) is 16.4 Å². The van der Waals surface area contributed by atoms with Gasteiger partial charge in [0.05, 0.1) is 10.6 Å². The number of nitrogens with zero attached hydrogens (tertiary/aromatic N) is 1. The van der Waals surface area contributed by atoms with Gasteiger partial charge in [-0.3, -0.25) is 4.79 Å². The second kappa shape index (κ2) is 6.08. The molecule has 2 aromatic rings. The lowest BCUT2D eigenvalue weighted by atomic mass is 10.2. The fourth-order valence-electron chi connectivity index (χ4n) is 1.60. The van der Waals surface area contributed by atoms with Crippen LogP contribution >= 0.6 is 23.4 Å². The van der Waals surface area contributed by atoms with Crippen molar-refractivity contribution in [1.29, 1.82) is 0 Å². The van der Waals surface area contributed by atoms with Crippen LogP contribution < -0.4 is 5.32 Å². The molecule has 0 aliphatic carbocycles. The molecule has 0 saturated carbocycles. The third-order valence-corrected chi connectivity index (χ3v) is 3.71. The van der Waals surface area contributed by atoms with Gasteiger partial charge in [0.1, 0.15) is 5.82 Å². The molecule has 1 aromatic carbocycles. The van der Waals surface area contributed by atoms with E-state index in [9.17, 15) is 4.79 Å². The van der Waals surface area contributed by atoms with Gasteiger partial charge in [-0.25, -0.2) is 4.98 Å². The molecule has 1 N–H and O–H groups in total. The van der Waals surface area contributed by atoms with Gasteiger partial charge in [-0.15, -0.1) is 11.8 Å². The summed E-state index contributed by atoms with van der Waals surface area (Å²) in [4.78, 5) is 17.3. The van der Waals surface area contributed by atoms with Crippen LogP contribution in [0.25, 0.3) is 0 Å². The molecule has 2 rings (SSSR count). The SMILES string of the molecule is CSc1ccc(Cl)c(C(=O)Nc2ncccc2C)c1. The minimum Gasteiger partial charge on any atom is -0.306 e. The Kier molecular flexibility index (Phi) is 4.45. The Balaban J connectivity index is 2.28. The van der Waals surface area contributed by atoms with Crippen LogP contribution in [0.5, 0.6) is 0 Å². The molecule has 0 aliphatic heterocycles. The van der Waals surface area contributed by atoms with Crippen molar-refractivity contribution in [2.75, 3.05) is 11.6 Å². The summed E-state index contributed by atoms with van der Waals surface area (Å²) in [7, 11) is 0. The summed E-state index contributed by atoms with van der Waals surface area (Å²) in [5.74, 6) is 0.306. The molecule has 0 atom stereocenters. The summed E-state index contributed by atoms with van der Waals surface area (Å²) in [6.07, 6.45) is 3.59. The number of thioether (sulfide) groups is 1. The summed E-state index contributed by atoms with van der Waals surface area (Å²) < 4.78 is 0. The summed E-state index contributed by atoms with van der Waals surface area (Å²) in [5.41, 5.74) is 1.37. The normalized spacial score (nSPS) is 10.3. The third-order valence-electron chi connectivity index (χ3n) is 2.66. The van der Waals surface area contributed by atoms with E-state index in [4.69, 9.17) is 11.6 Å². The predicted molar refractivity (Wildman–Crippen MR) is 80.2 cm³/mol. The molecule has 98 valence electrons. The van der Waals surface area contributed by atoms with Gasteiger partial charge in [0.25, 0.3) is 5.91 Å². The highest BCUT2D eigenvalue weighted by Crippen LogP contribution is 2.24. The zero-order chi connectivity index (χ0) is 13.8. The van der Waals surface area contributed by atoms with Crippen molar-refractivity contribution in [1.82, 2.24) is 4.98 Å². The highest BCUT2D eigenvalue weighted by Gasteiger charge is 2.12. The lowest BCUT2D eigenvalue weighted by molar-refractivity contribution is 0.102. The standard InChI is InChI=1S/C14H13ClN2OS/c1-9-4-3-7-16-13(9)17-14(18)11-8-10(19-2)5-6-12(11)15/h3-8H,1-2H3,(H,16,17,18). The number of rotatable bonds is 3. The van der Waals surface area contributed by atoms with E-state index in [-0.39, 0.29) is 5.91 Å². The second-order valence-corrected chi connectivity index (χ2v) is 5.26. The molecule has 1 heterocycles. The van der Waals surface area contributed by atoms with Crippen LogP contribution in [0.3, 0.4) is 0 Å². The number of carbonyl (C=O) groups is 1. The van der Waals surface area contributed by atoms with Crippen LogP contribution in [-0.4, -0.2) is 17.1 Å². The molecule has 1 aromatic heterocycles. The topological polar surface area (TPSA) is 42.0 Å². The van der Waals surface area contributed by atoms with Crippen molar-refractivity contribution in [2.45, 2.75) is 11.8 Å². The number of halogens is 1. The van der Waals surface area contributed by atoms with Crippen molar-refractivity contribution in [2.24, 2.45) is 0 Å². The van der Waals surface area contributed by atoms with Crippen LogP contribution in [-0.2, 0) is 0 Å². The van der Waals surface area contributed by atoms with Crippen molar-refractivity contribution in [3.8, 4) is 0 Å². The first kappa shape index (κ1) is 13.9. The number of benzene rings is 1. The van der Waals surface area contributed by atoms with Crippen molar-refractivity contribution >= 4 is 35.1 Å². The summed E-state index contributed by atoms with van der Waals surface area (Å²) in [6, 6.07) is 9.11. The van der Waals surface area contributed by atoms with Gasteiger partial charge < -0.3 is 5.32 Å². The zero-order valence-electron chi connectivity index (χ0n) is 10.6. The highest BCUT2D eigenvalue weighted by molar-refractivity contribution is 7.98. The van der Waals surface area contributed by atoms with Gasteiger partial charge in [-0.2, -0.15) is 0 Å². The van der Waals surface area contributed by atoms with Gasteiger partial charge in [0.2, 0.25) is 0 Å². The number of pyridine rings is 1. The number of aromatic nitrogens is 1. The van der Waals surface area contributed by atoms with Gasteiger partial charge in [-0.1, -0.05) is 17.7 Å². The largest absolute Gasteiger partial charge is 0.306 e. The average molecular weight is 293 g/mol. The maximum Gasteiger partial charge on any atom is 0.258 e. The number of amides is 1. The fourth-order valence-corrected chi connectivity index (χ4v) is 2.24. The Morgan fingerprint density at radius 1 is 1.37 bits per heavy atom. The first-order chi connectivity index (χ1) is 9.11. The number of hydrogen-bond acceptors (Lipinski definition) is 3. The van der Waals surface area contributed by atoms with Crippen LogP contribution in [0.4, 0.5) is 5.82 Å². The fraction of sp³-hybridized carbons (Fsp3) is 0.143. The minimum absolute atomic E-state index is 0.247. The molecular formula is C14H13ClN2OS. The molecule has 0 saturated heterocycles. The molecule has 0 radical (unpaired) electrons. The molecule has 19 heavy (non-hydrogen) atoms. The number of carbonyl (C=O) groups excluding carboxylic acids is 1. The predicted octanol–water partition coefficient (Wildman–Crippen LogP) is 4.02. The molecule has 3 nitrogen and oxygen atoms in total. The Morgan fingerprint density at radius 2 is 2.16 bits per heavy atom. The van der Waals surface area contributed by atoms with Crippen molar-refractivity contribution < 1.29 is 4.79 Å². The van der Waals surface area contributed by atoms with E-state index in [2.05, 4.69) is 10.3 Å². The minimum atomic E-state index is -0.247. The van der Waals surface area contributed by atoms with E-state index in [1.807, 2.05) is 31.4 Å². The summed E-state index contributed by atoms with van der Waals surface area (Å²) >= 11 is 7.63. The van der Waals surface area contributed by atoms with Crippen LogP contribution in [0, 0.1) is 6.92 Å². The average Bonchev–Trinajstić information content (AvgIpc) is 2.42. The Morgan fingerprint density at radius 3 is 2.84 bits per heavy atom. The van der Waals surface area contributed by atoms with Gasteiger partial charge in [-0.05, 0) is 43.0 Å². The first-order valence-corrected chi connectivity index (χ1v) is 7.28. The second-order valence-electron chi connectivity index (χ2n) is 3.97. The molecule has 1 amide bonds. The number of anilines is 1. The zero-order valence-corrected chi connectivity index (χ0v) is 12.2. The highest BCUT2D eigenvalue weighted by atomic mass is 35.5. The number of nitrogens with one attached hydrogen (secondary N) is 1. The molecule has 0 fully saturated rings. The monoisotopic (exact) mass is 292 g/mol. The molecular weight excluding hydrogens is 280 g/mol. The van der Waals surface area contributed by atoms with Gasteiger partial charge >= 0.3 is 0 Å². The molecule has 5 heteroatoms. The molecule has 0 bridgehead atoms. The lowest BCUT2D eigenvalue weighted by Gasteiger charge is -2.09. The van der Waals surface area contributed by atoms with E-state index in [0.717, 1.165) is 10.5 Å². The van der Waals surface area contributed by atoms with Crippen molar-refractivity contribution in [3.63, 3.8) is 0 Å². The summed E-state index contributed by atoms with van der Waals surface area (Å²) in [5, 5.41) is 3.21. The number of hydrogen-bond donors (Lipinski definition) is 1. The lowest BCUT2D eigenvalue weighted by Crippen LogP contribution is -2.14. The smallest absolute Gasteiger partial charge is 0.258 e. The van der Waals surface area contributed by atoms with Crippen LogP contribution in [0.15, 0.2) is 41.4 Å². The van der Waals surface area contributed by atoms with E-state index < -0.39 is 0 Å². The Bertz CT molecular complexity index is 616.